The summed E-state index contributed by atoms with van der Waals surface area (Å²) in [5.41, 5.74) is -0.670. The molecule has 1 amide bonds. The highest BCUT2D eigenvalue weighted by Crippen LogP contribution is 2.39. The lowest BCUT2D eigenvalue weighted by molar-refractivity contribution is -0.117. The van der Waals surface area contributed by atoms with Gasteiger partial charge in [0.25, 0.3) is 0 Å². The van der Waals surface area contributed by atoms with Crippen molar-refractivity contribution in [3.63, 3.8) is 0 Å². The summed E-state index contributed by atoms with van der Waals surface area (Å²) in [5.74, 6) is 0.158. The Morgan fingerprint density at radius 3 is 2.69 bits per heavy atom. The number of rotatable bonds is 3. The fraction of sp³-hybridized carbons (Fsp3) is 0.600. The molecule has 0 radical (unpaired) electrons. The molecule has 0 heterocycles. The second-order valence-corrected chi connectivity index (χ2v) is 3.58. The number of allylic oxidation sites excluding steroid dienone is 1. The van der Waals surface area contributed by atoms with E-state index >= 15 is 0 Å². The third-order valence-corrected chi connectivity index (χ3v) is 2.33. The summed E-state index contributed by atoms with van der Waals surface area (Å²) in [6.45, 7) is 3.56. The minimum Gasteiger partial charge on any atom is -0.334 e. The SMILES string of the molecule is C/C=C/C(=O)NC(C)(C#N)C1CC1. The van der Waals surface area contributed by atoms with Crippen LogP contribution in [0.1, 0.15) is 26.7 Å². The lowest BCUT2D eigenvalue weighted by atomic mass is 9.98. The molecule has 1 fully saturated rings. The molecule has 0 spiro atoms. The number of nitriles is 1. The highest BCUT2D eigenvalue weighted by molar-refractivity contribution is 5.88. The molecule has 1 aliphatic rings. The van der Waals surface area contributed by atoms with E-state index in [9.17, 15) is 4.79 Å². The summed E-state index contributed by atoms with van der Waals surface area (Å²) in [7, 11) is 0. The Morgan fingerprint density at radius 2 is 2.31 bits per heavy atom. The van der Waals surface area contributed by atoms with Crippen molar-refractivity contribution in [2.45, 2.75) is 32.2 Å². The molecule has 0 aromatic heterocycles. The van der Waals surface area contributed by atoms with Crippen molar-refractivity contribution < 1.29 is 4.79 Å². The van der Waals surface area contributed by atoms with Gasteiger partial charge in [0.1, 0.15) is 5.54 Å². The molecular formula is C10H14N2O. The van der Waals surface area contributed by atoms with Crippen LogP contribution >= 0.6 is 0 Å². The normalized spacial score (nSPS) is 20.7. The number of carbonyl (C=O) groups excluding carboxylic acids is 1. The summed E-state index contributed by atoms with van der Waals surface area (Å²) in [4.78, 5) is 11.2. The lowest BCUT2D eigenvalue weighted by Gasteiger charge is -2.21. The number of nitrogens with one attached hydrogen (secondary N) is 1. The largest absolute Gasteiger partial charge is 0.334 e. The van der Waals surface area contributed by atoms with Gasteiger partial charge in [-0.05, 0) is 38.7 Å². The third kappa shape index (κ3) is 2.32. The van der Waals surface area contributed by atoms with Crippen LogP contribution in [-0.4, -0.2) is 11.4 Å². The number of carbonyl (C=O) groups is 1. The van der Waals surface area contributed by atoms with Crippen molar-refractivity contribution >= 4 is 5.91 Å². The van der Waals surface area contributed by atoms with Crippen molar-refractivity contribution in [2.24, 2.45) is 5.92 Å². The van der Waals surface area contributed by atoms with Crippen LogP contribution in [0.15, 0.2) is 12.2 Å². The van der Waals surface area contributed by atoms with Crippen LogP contribution in [0, 0.1) is 17.2 Å². The molecular weight excluding hydrogens is 164 g/mol. The van der Waals surface area contributed by atoms with Crippen LogP contribution in [-0.2, 0) is 4.79 Å². The Morgan fingerprint density at radius 1 is 1.69 bits per heavy atom. The van der Waals surface area contributed by atoms with E-state index in [0.29, 0.717) is 5.92 Å². The first-order chi connectivity index (χ1) is 6.12. The van der Waals surface area contributed by atoms with Gasteiger partial charge in [0.15, 0.2) is 0 Å². The fourth-order valence-electron chi connectivity index (χ4n) is 1.33. The summed E-state index contributed by atoms with van der Waals surface area (Å²) < 4.78 is 0. The number of hydrogen-bond donors (Lipinski definition) is 1. The zero-order chi connectivity index (χ0) is 9.90. The van der Waals surface area contributed by atoms with Crippen molar-refractivity contribution in [3.05, 3.63) is 12.2 Å². The maximum absolute atomic E-state index is 11.2. The maximum atomic E-state index is 11.2. The predicted molar refractivity (Wildman–Crippen MR) is 49.7 cm³/mol. The van der Waals surface area contributed by atoms with Crippen LogP contribution in [0.25, 0.3) is 0 Å². The van der Waals surface area contributed by atoms with Gasteiger partial charge in [-0.15, -0.1) is 0 Å². The van der Waals surface area contributed by atoms with Crippen LogP contribution < -0.4 is 5.32 Å². The second-order valence-electron chi connectivity index (χ2n) is 3.58. The van der Waals surface area contributed by atoms with Gasteiger partial charge in [0.2, 0.25) is 5.91 Å². The van der Waals surface area contributed by atoms with Crippen LogP contribution in [0.4, 0.5) is 0 Å². The first-order valence-corrected chi connectivity index (χ1v) is 4.48. The molecule has 1 unspecified atom stereocenters. The second kappa shape index (κ2) is 3.61. The van der Waals surface area contributed by atoms with Crippen molar-refractivity contribution in [3.8, 4) is 6.07 Å². The molecule has 1 atom stereocenters. The quantitative estimate of drug-likeness (QED) is 0.663. The molecule has 3 heteroatoms. The molecule has 0 saturated heterocycles. The van der Waals surface area contributed by atoms with Gasteiger partial charge in [0, 0.05) is 0 Å². The van der Waals surface area contributed by atoms with E-state index in [1.807, 2.05) is 0 Å². The van der Waals surface area contributed by atoms with E-state index < -0.39 is 5.54 Å². The molecule has 0 aromatic carbocycles. The molecule has 1 rings (SSSR count). The van der Waals surface area contributed by atoms with Gasteiger partial charge in [-0.1, -0.05) is 6.08 Å². The molecule has 1 aliphatic carbocycles. The zero-order valence-electron chi connectivity index (χ0n) is 8.00. The number of nitrogens with zero attached hydrogens (tertiary/aromatic N) is 1. The van der Waals surface area contributed by atoms with E-state index in [1.54, 1.807) is 19.9 Å². The van der Waals surface area contributed by atoms with Crippen LogP contribution in [0.5, 0.6) is 0 Å². The van der Waals surface area contributed by atoms with E-state index in [1.165, 1.54) is 6.08 Å². The summed E-state index contributed by atoms with van der Waals surface area (Å²) in [6.07, 6.45) is 5.19. The van der Waals surface area contributed by atoms with Gasteiger partial charge in [-0.2, -0.15) is 5.26 Å². The Hall–Kier alpha value is -1.30. The first-order valence-electron chi connectivity index (χ1n) is 4.48. The average Bonchev–Trinajstić information content (AvgIpc) is 2.86. The summed E-state index contributed by atoms with van der Waals surface area (Å²) in [6, 6.07) is 2.16. The summed E-state index contributed by atoms with van der Waals surface area (Å²) in [5, 5.41) is 11.6. The van der Waals surface area contributed by atoms with Gasteiger partial charge in [0.05, 0.1) is 6.07 Å². The van der Waals surface area contributed by atoms with Crippen molar-refractivity contribution in [1.29, 1.82) is 5.26 Å². The third-order valence-electron chi connectivity index (χ3n) is 2.33. The van der Waals surface area contributed by atoms with Crippen LogP contribution in [0.2, 0.25) is 0 Å². The number of amides is 1. The van der Waals surface area contributed by atoms with Gasteiger partial charge >= 0.3 is 0 Å². The average molecular weight is 178 g/mol. The van der Waals surface area contributed by atoms with E-state index in [4.69, 9.17) is 5.26 Å². The standard InChI is InChI=1S/C10H14N2O/c1-3-4-9(13)12-10(2,7-11)8-5-6-8/h3-4,8H,5-6H2,1-2H3,(H,12,13)/b4-3+. The molecule has 1 saturated carbocycles. The van der Waals surface area contributed by atoms with Gasteiger partial charge in [-0.3, -0.25) is 4.79 Å². The van der Waals surface area contributed by atoms with Crippen molar-refractivity contribution in [2.75, 3.05) is 0 Å². The fourth-order valence-corrected chi connectivity index (χ4v) is 1.33. The smallest absolute Gasteiger partial charge is 0.244 e. The minimum atomic E-state index is -0.670. The van der Waals surface area contributed by atoms with E-state index in [2.05, 4.69) is 11.4 Å². The molecule has 1 N–H and O–H groups in total. The molecule has 0 bridgehead atoms. The molecule has 3 nitrogen and oxygen atoms in total. The molecule has 70 valence electrons. The van der Waals surface area contributed by atoms with E-state index in [-0.39, 0.29) is 5.91 Å². The van der Waals surface area contributed by atoms with Gasteiger partial charge in [-0.25, -0.2) is 0 Å². The topological polar surface area (TPSA) is 52.9 Å². The lowest BCUT2D eigenvalue weighted by Crippen LogP contribution is -2.46. The maximum Gasteiger partial charge on any atom is 0.244 e. The number of hydrogen-bond acceptors (Lipinski definition) is 2. The van der Waals surface area contributed by atoms with Crippen LogP contribution in [0.3, 0.4) is 0 Å². The summed E-state index contributed by atoms with van der Waals surface area (Å²) >= 11 is 0. The van der Waals surface area contributed by atoms with E-state index in [0.717, 1.165) is 12.8 Å². The predicted octanol–water partition coefficient (Wildman–Crippen LogP) is 1.37. The Kier molecular flexibility index (Phi) is 2.72. The highest BCUT2D eigenvalue weighted by Gasteiger charge is 2.42. The van der Waals surface area contributed by atoms with Crippen molar-refractivity contribution in [1.82, 2.24) is 5.32 Å². The monoisotopic (exact) mass is 178 g/mol. The Bertz CT molecular complexity index is 273. The van der Waals surface area contributed by atoms with Gasteiger partial charge < -0.3 is 5.32 Å². The first kappa shape index (κ1) is 9.79. The molecule has 0 aliphatic heterocycles. The minimum absolute atomic E-state index is 0.182. The Balaban J connectivity index is 2.58. The molecule has 13 heavy (non-hydrogen) atoms. The zero-order valence-corrected chi connectivity index (χ0v) is 8.00. The highest BCUT2D eigenvalue weighted by atomic mass is 16.1. The Labute approximate surface area is 78.4 Å². The molecule has 0 aromatic rings.